The molecule has 1 saturated heterocycles. The molecule has 1 aromatic rings. The highest BCUT2D eigenvalue weighted by Crippen LogP contribution is 2.30. The number of carboxylic acids is 1. The summed E-state index contributed by atoms with van der Waals surface area (Å²) < 4.78 is 52.2. The third-order valence-corrected chi connectivity index (χ3v) is 5.69. The number of benzene rings is 1. The SMILES string of the molecule is O=C(O)C1(NS(=O)(=O)c2ccc(F)c(F)c2)CCSC1. The van der Waals surface area contributed by atoms with E-state index in [1.165, 1.54) is 11.8 Å². The number of aliphatic carboxylic acids is 1. The molecule has 0 spiro atoms. The van der Waals surface area contributed by atoms with Gasteiger partial charge in [-0.1, -0.05) is 0 Å². The van der Waals surface area contributed by atoms with E-state index in [9.17, 15) is 27.1 Å². The molecular formula is C11H11F2NO4S2. The highest BCUT2D eigenvalue weighted by molar-refractivity contribution is 7.99. The fourth-order valence-corrected chi connectivity index (χ4v) is 4.63. The van der Waals surface area contributed by atoms with Crippen LogP contribution in [0.1, 0.15) is 6.42 Å². The Labute approximate surface area is 118 Å². The highest BCUT2D eigenvalue weighted by atomic mass is 32.2. The van der Waals surface area contributed by atoms with E-state index in [0.29, 0.717) is 17.9 Å². The molecule has 0 bridgehead atoms. The number of hydrogen-bond acceptors (Lipinski definition) is 4. The first-order chi connectivity index (χ1) is 9.27. The molecule has 5 nitrogen and oxygen atoms in total. The predicted octanol–water partition coefficient (Wildman–Crippen LogP) is 1.20. The van der Waals surface area contributed by atoms with E-state index < -0.39 is 38.1 Å². The molecule has 1 aliphatic heterocycles. The minimum absolute atomic E-state index is 0.0885. The average molecular weight is 323 g/mol. The van der Waals surface area contributed by atoms with Gasteiger partial charge in [0.25, 0.3) is 0 Å². The standard InChI is InChI=1S/C11H11F2NO4S2/c12-8-2-1-7(5-9(8)13)20(17,18)14-11(10(15)16)3-4-19-6-11/h1-2,5,14H,3-4,6H2,(H,15,16). The van der Waals surface area contributed by atoms with Crippen LogP contribution >= 0.6 is 11.8 Å². The summed E-state index contributed by atoms with van der Waals surface area (Å²) in [6, 6.07) is 2.09. The van der Waals surface area contributed by atoms with Crippen molar-refractivity contribution in [2.24, 2.45) is 0 Å². The van der Waals surface area contributed by atoms with Crippen LogP contribution in [0, 0.1) is 11.6 Å². The lowest BCUT2D eigenvalue weighted by molar-refractivity contribution is -0.142. The Morgan fingerprint density at radius 2 is 2.05 bits per heavy atom. The van der Waals surface area contributed by atoms with Gasteiger partial charge < -0.3 is 5.11 Å². The molecule has 110 valence electrons. The second-order valence-electron chi connectivity index (χ2n) is 4.37. The van der Waals surface area contributed by atoms with Crippen molar-refractivity contribution < 1.29 is 27.1 Å². The van der Waals surface area contributed by atoms with Crippen LogP contribution in [0.3, 0.4) is 0 Å². The average Bonchev–Trinajstić information content (AvgIpc) is 2.81. The molecule has 0 saturated carbocycles. The lowest BCUT2D eigenvalue weighted by Gasteiger charge is -2.24. The first-order valence-corrected chi connectivity index (χ1v) is 8.21. The molecule has 1 heterocycles. The summed E-state index contributed by atoms with van der Waals surface area (Å²) in [5, 5.41) is 9.20. The van der Waals surface area contributed by atoms with Crippen LogP contribution in [0.5, 0.6) is 0 Å². The maximum absolute atomic E-state index is 13.1. The van der Waals surface area contributed by atoms with Gasteiger partial charge in [0.05, 0.1) is 4.90 Å². The second-order valence-corrected chi connectivity index (χ2v) is 7.16. The summed E-state index contributed by atoms with van der Waals surface area (Å²) >= 11 is 1.31. The van der Waals surface area contributed by atoms with Crippen LogP contribution in [-0.4, -0.2) is 36.5 Å². The van der Waals surface area contributed by atoms with E-state index in [1.807, 2.05) is 0 Å². The van der Waals surface area contributed by atoms with Gasteiger partial charge in [0.1, 0.15) is 5.54 Å². The van der Waals surface area contributed by atoms with E-state index in [2.05, 4.69) is 4.72 Å². The number of carboxylic acid groups (broad SMARTS) is 1. The monoisotopic (exact) mass is 323 g/mol. The summed E-state index contributed by atoms with van der Waals surface area (Å²) in [6.45, 7) is 0. The Morgan fingerprint density at radius 3 is 2.55 bits per heavy atom. The van der Waals surface area contributed by atoms with Crippen molar-refractivity contribution >= 4 is 27.8 Å². The normalized spacial score (nSPS) is 22.9. The zero-order valence-electron chi connectivity index (χ0n) is 10.1. The van der Waals surface area contributed by atoms with Crippen molar-refractivity contribution in [1.29, 1.82) is 0 Å². The third-order valence-electron chi connectivity index (χ3n) is 2.96. The van der Waals surface area contributed by atoms with E-state index in [4.69, 9.17) is 0 Å². The summed E-state index contributed by atoms with van der Waals surface area (Å²) in [5.41, 5.74) is -1.60. The van der Waals surface area contributed by atoms with E-state index in [-0.39, 0.29) is 12.2 Å². The van der Waals surface area contributed by atoms with Gasteiger partial charge in [-0.05, 0) is 30.4 Å². The molecule has 20 heavy (non-hydrogen) atoms. The van der Waals surface area contributed by atoms with Gasteiger partial charge >= 0.3 is 5.97 Å². The Balaban J connectivity index is 2.35. The molecule has 9 heteroatoms. The lowest BCUT2D eigenvalue weighted by atomic mass is 10.0. The summed E-state index contributed by atoms with van der Waals surface area (Å²) in [6.07, 6.45) is 0.135. The van der Waals surface area contributed by atoms with Crippen LogP contribution in [0.25, 0.3) is 0 Å². The second kappa shape index (κ2) is 5.30. The fourth-order valence-electron chi connectivity index (χ4n) is 1.82. The van der Waals surface area contributed by atoms with Crippen molar-refractivity contribution in [2.45, 2.75) is 16.9 Å². The molecule has 0 radical (unpaired) electrons. The fraction of sp³-hybridized carbons (Fsp3) is 0.364. The van der Waals surface area contributed by atoms with Gasteiger partial charge in [-0.2, -0.15) is 16.5 Å². The van der Waals surface area contributed by atoms with Crippen molar-refractivity contribution in [1.82, 2.24) is 4.72 Å². The van der Waals surface area contributed by atoms with Crippen molar-refractivity contribution in [3.05, 3.63) is 29.8 Å². The first-order valence-electron chi connectivity index (χ1n) is 5.57. The number of rotatable bonds is 4. The van der Waals surface area contributed by atoms with Crippen LogP contribution in [-0.2, 0) is 14.8 Å². The molecule has 0 aliphatic carbocycles. The summed E-state index contributed by atoms with van der Waals surface area (Å²) in [5.74, 6) is -3.17. The first kappa shape index (κ1) is 15.2. The highest BCUT2D eigenvalue weighted by Gasteiger charge is 2.45. The molecule has 1 aromatic carbocycles. The van der Waals surface area contributed by atoms with Gasteiger partial charge in [-0.25, -0.2) is 17.2 Å². The van der Waals surface area contributed by atoms with Crippen molar-refractivity contribution in [3.63, 3.8) is 0 Å². The van der Waals surface area contributed by atoms with Gasteiger partial charge in [-0.3, -0.25) is 4.79 Å². The van der Waals surface area contributed by atoms with Crippen LogP contribution in [0.4, 0.5) is 8.78 Å². The molecule has 1 fully saturated rings. The largest absolute Gasteiger partial charge is 0.480 e. The quantitative estimate of drug-likeness (QED) is 0.870. The maximum Gasteiger partial charge on any atom is 0.325 e. The van der Waals surface area contributed by atoms with Crippen LogP contribution in [0.2, 0.25) is 0 Å². The van der Waals surface area contributed by atoms with Crippen LogP contribution in [0.15, 0.2) is 23.1 Å². The Kier molecular flexibility index (Phi) is 4.03. The molecule has 1 unspecified atom stereocenters. The van der Waals surface area contributed by atoms with Crippen LogP contribution < -0.4 is 4.72 Å². The number of sulfonamides is 1. The van der Waals surface area contributed by atoms with E-state index in [0.717, 1.165) is 6.07 Å². The summed E-state index contributed by atoms with van der Waals surface area (Å²) in [7, 11) is -4.24. The molecule has 2 rings (SSSR count). The molecule has 0 aromatic heterocycles. The molecule has 1 atom stereocenters. The molecule has 1 aliphatic rings. The van der Waals surface area contributed by atoms with Gasteiger partial charge in [0, 0.05) is 5.75 Å². The third kappa shape index (κ3) is 2.79. The minimum Gasteiger partial charge on any atom is -0.480 e. The molecule has 2 N–H and O–H groups in total. The maximum atomic E-state index is 13.1. The van der Waals surface area contributed by atoms with Gasteiger partial charge in [0.15, 0.2) is 11.6 Å². The van der Waals surface area contributed by atoms with E-state index >= 15 is 0 Å². The Hall–Kier alpha value is -1.19. The molecule has 0 amide bonds. The Bertz CT molecular complexity index is 642. The smallest absolute Gasteiger partial charge is 0.325 e. The van der Waals surface area contributed by atoms with Crippen molar-refractivity contribution in [2.75, 3.05) is 11.5 Å². The number of carbonyl (C=O) groups is 1. The van der Waals surface area contributed by atoms with Gasteiger partial charge in [0.2, 0.25) is 10.0 Å². The Morgan fingerprint density at radius 1 is 1.35 bits per heavy atom. The van der Waals surface area contributed by atoms with Gasteiger partial charge in [-0.15, -0.1) is 0 Å². The summed E-state index contributed by atoms with van der Waals surface area (Å²) in [4.78, 5) is 10.8. The zero-order valence-corrected chi connectivity index (χ0v) is 11.7. The number of thioether (sulfide) groups is 1. The zero-order chi connectivity index (χ0) is 15.0. The lowest BCUT2D eigenvalue weighted by Crippen LogP contribution is -2.54. The number of halogens is 2. The van der Waals surface area contributed by atoms with E-state index in [1.54, 1.807) is 0 Å². The number of hydrogen-bond donors (Lipinski definition) is 2. The van der Waals surface area contributed by atoms with Crippen molar-refractivity contribution in [3.8, 4) is 0 Å². The minimum atomic E-state index is -4.24. The number of nitrogens with one attached hydrogen (secondary N) is 1. The predicted molar refractivity (Wildman–Crippen MR) is 69.0 cm³/mol. The topological polar surface area (TPSA) is 83.5 Å². The molecular weight excluding hydrogens is 312 g/mol.